The Kier molecular flexibility index (Phi) is 4.58. The second kappa shape index (κ2) is 6.65. The molecule has 0 spiro atoms. The predicted molar refractivity (Wildman–Crippen MR) is 94.8 cm³/mol. The van der Waals surface area contributed by atoms with Gasteiger partial charge in [-0.2, -0.15) is 0 Å². The zero-order chi connectivity index (χ0) is 17.2. The molecule has 1 fully saturated rings. The van der Waals surface area contributed by atoms with Crippen LogP contribution in [0.4, 0.5) is 5.69 Å². The predicted octanol–water partition coefficient (Wildman–Crippen LogP) is 3.68. The summed E-state index contributed by atoms with van der Waals surface area (Å²) in [6, 6.07) is 14.9. The molecule has 0 bridgehead atoms. The Morgan fingerprint density at radius 1 is 1.08 bits per heavy atom. The molecule has 5 heteroatoms. The van der Waals surface area contributed by atoms with Crippen LogP contribution in [0.5, 0.6) is 0 Å². The molecule has 2 aromatic rings. The normalized spacial score (nSPS) is 14.8. The monoisotopic (exact) mass is 342 g/mol. The molecule has 2 aromatic carbocycles. The van der Waals surface area contributed by atoms with Gasteiger partial charge in [0.1, 0.15) is 5.41 Å². The number of halogens is 1. The zero-order valence-electron chi connectivity index (χ0n) is 13.4. The van der Waals surface area contributed by atoms with Gasteiger partial charge in [0.25, 0.3) is 0 Å². The Balaban J connectivity index is 1.63. The van der Waals surface area contributed by atoms with Gasteiger partial charge < -0.3 is 10.6 Å². The molecule has 1 aliphatic carbocycles. The van der Waals surface area contributed by atoms with E-state index in [9.17, 15) is 9.59 Å². The minimum Gasteiger partial charge on any atom is -0.351 e. The summed E-state index contributed by atoms with van der Waals surface area (Å²) in [5, 5.41) is 6.11. The molecular formula is C19H19ClN2O2. The largest absolute Gasteiger partial charge is 0.351 e. The van der Waals surface area contributed by atoms with Gasteiger partial charge in [-0.15, -0.1) is 0 Å². The first-order valence-electron chi connectivity index (χ1n) is 7.91. The van der Waals surface area contributed by atoms with Crippen molar-refractivity contribution in [2.75, 3.05) is 5.32 Å². The first-order valence-corrected chi connectivity index (χ1v) is 8.29. The van der Waals surface area contributed by atoms with Gasteiger partial charge in [0.05, 0.1) is 10.7 Å². The second-order valence-corrected chi connectivity index (χ2v) is 6.60. The molecule has 0 heterocycles. The van der Waals surface area contributed by atoms with Crippen LogP contribution in [0.1, 0.15) is 24.0 Å². The number of amides is 2. The topological polar surface area (TPSA) is 58.2 Å². The maximum absolute atomic E-state index is 12.5. The minimum atomic E-state index is -0.969. The third-order valence-corrected chi connectivity index (χ3v) is 4.61. The van der Waals surface area contributed by atoms with Crippen LogP contribution < -0.4 is 10.6 Å². The highest BCUT2D eigenvalue weighted by atomic mass is 35.5. The van der Waals surface area contributed by atoms with Crippen molar-refractivity contribution in [3.8, 4) is 0 Å². The lowest BCUT2D eigenvalue weighted by atomic mass is 10.0. The van der Waals surface area contributed by atoms with Gasteiger partial charge in [-0.05, 0) is 37.5 Å². The number of para-hydroxylation sites is 1. The molecule has 0 radical (unpaired) electrons. The summed E-state index contributed by atoms with van der Waals surface area (Å²) in [7, 11) is 0. The number of nitrogens with one attached hydrogen (secondary N) is 2. The molecule has 0 unspecified atom stereocenters. The molecule has 0 saturated heterocycles. The number of anilines is 1. The lowest BCUT2D eigenvalue weighted by Gasteiger charge is -2.16. The van der Waals surface area contributed by atoms with Gasteiger partial charge in [-0.3, -0.25) is 9.59 Å². The average molecular weight is 343 g/mol. The maximum Gasteiger partial charge on any atom is 0.240 e. The van der Waals surface area contributed by atoms with Gasteiger partial charge in [-0.1, -0.05) is 53.6 Å². The van der Waals surface area contributed by atoms with Crippen molar-refractivity contribution < 1.29 is 9.59 Å². The van der Waals surface area contributed by atoms with E-state index in [0.717, 1.165) is 11.1 Å². The Labute approximate surface area is 146 Å². The molecule has 1 saturated carbocycles. The van der Waals surface area contributed by atoms with Crippen LogP contribution in [0.3, 0.4) is 0 Å². The molecule has 3 rings (SSSR count). The van der Waals surface area contributed by atoms with Crippen molar-refractivity contribution in [2.24, 2.45) is 5.41 Å². The van der Waals surface area contributed by atoms with Gasteiger partial charge in [0.2, 0.25) is 11.8 Å². The quantitative estimate of drug-likeness (QED) is 0.814. The fourth-order valence-corrected chi connectivity index (χ4v) is 2.84. The lowest BCUT2D eigenvalue weighted by Crippen LogP contribution is -2.39. The number of carbonyl (C=O) groups excluding carboxylic acids is 2. The van der Waals surface area contributed by atoms with Gasteiger partial charge >= 0.3 is 0 Å². The Morgan fingerprint density at radius 3 is 2.50 bits per heavy atom. The molecule has 1 aliphatic rings. The van der Waals surface area contributed by atoms with E-state index in [-0.39, 0.29) is 11.8 Å². The Bertz CT molecular complexity index is 784. The third kappa shape index (κ3) is 3.44. The van der Waals surface area contributed by atoms with Crippen molar-refractivity contribution in [3.05, 3.63) is 64.7 Å². The Hall–Kier alpha value is -2.33. The summed E-state index contributed by atoms with van der Waals surface area (Å²) in [6.07, 6.45) is 1.12. The smallest absolute Gasteiger partial charge is 0.240 e. The van der Waals surface area contributed by atoms with E-state index in [2.05, 4.69) is 10.6 Å². The summed E-state index contributed by atoms with van der Waals surface area (Å²) >= 11 is 6.06. The molecule has 0 aromatic heterocycles. The van der Waals surface area contributed by atoms with Gasteiger partial charge in [-0.25, -0.2) is 0 Å². The van der Waals surface area contributed by atoms with E-state index < -0.39 is 5.41 Å². The second-order valence-electron chi connectivity index (χ2n) is 6.19. The zero-order valence-corrected chi connectivity index (χ0v) is 14.2. The van der Waals surface area contributed by atoms with Gasteiger partial charge in [0.15, 0.2) is 0 Å². The summed E-state index contributed by atoms with van der Waals surface area (Å²) in [6.45, 7) is 2.42. The van der Waals surface area contributed by atoms with E-state index >= 15 is 0 Å². The van der Waals surface area contributed by atoms with Crippen LogP contribution in [0.2, 0.25) is 5.02 Å². The van der Waals surface area contributed by atoms with Crippen LogP contribution in [0, 0.1) is 12.3 Å². The fourth-order valence-electron chi connectivity index (χ4n) is 2.66. The van der Waals surface area contributed by atoms with E-state index in [0.29, 0.717) is 30.1 Å². The van der Waals surface area contributed by atoms with E-state index in [4.69, 9.17) is 11.6 Å². The molecule has 24 heavy (non-hydrogen) atoms. The fraction of sp³-hybridized carbons (Fsp3) is 0.263. The maximum atomic E-state index is 12.5. The van der Waals surface area contributed by atoms with Crippen LogP contribution in [-0.4, -0.2) is 11.8 Å². The number of aryl methyl sites for hydroxylation is 1. The van der Waals surface area contributed by atoms with Crippen LogP contribution in [0.25, 0.3) is 0 Å². The standard InChI is InChI=1S/C19H19ClN2O2/c1-13-5-4-6-14(11-13)12-21-17(23)19(9-10-19)18(24)22-16-8-3-2-7-15(16)20/h2-8,11H,9-10,12H2,1H3,(H,21,23)(H,22,24). The van der Waals surface area contributed by atoms with E-state index in [1.165, 1.54) is 0 Å². The molecule has 0 atom stereocenters. The SMILES string of the molecule is Cc1cccc(CNC(=O)C2(C(=O)Nc3ccccc3Cl)CC2)c1. The molecule has 124 valence electrons. The molecule has 0 aliphatic heterocycles. The number of hydrogen-bond donors (Lipinski definition) is 2. The van der Waals surface area contributed by atoms with Crippen LogP contribution in [-0.2, 0) is 16.1 Å². The first kappa shape index (κ1) is 16.5. The van der Waals surface area contributed by atoms with Crippen molar-refractivity contribution >= 4 is 29.1 Å². The lowest BCUT2D eigenvalue weighted by molar-refractivity contribution is -0.134. The van der Waals surface area contributed by atoms with Crippen molar-refractivity contribution in [1.29, 1.82) is 0 Å². The Morgan fingerprint density at radius 2 is 1.83 bits per heavy atom. The van der Waals surface area contributed by atoms with Crippen molar-refractivity contribution in [3.63, 3.8) is 0 Å². The number of benzene rings is 2. The van der Waals surface area contributed by atoms with E-state index in [1.54, 1.807) is 24.3 Å². The summed E-state index contributed by atoms with van der Waals surface area (Å²) in [5.74, 6) is -0.522. The number of hydrogen-bond acceptors (Lipinski definition) is 2. The molecule has 2 N–H and O–H groups in total. The van der Waals surface area contributed by atoms with Crippen LogP contribution in [0.15, 0.2) is 48.5 Å². The summed E-state index contributed by atoms with van der Waals surface area (Å²) in [5.41, 5.74) is 1.72. The number of rotatable bonds is 5. The molecule has 2 amide bonds. The first-order chi connectivity index (χ1) is 11.5. The summed E-state index contributed by atoms with van der Waals surface area (Å²) in [4.78, 5) is 25.0. The summed E-state index contributed by atoms with van der Waals surface area (Å²) < 4.78 is 0. The molecule has 4 nitrogen and oxygen atoms in total. The van der Waals surface area contributed by atoms with Gasteiger partial charge in [0, 0.05) is 6.54 Å². The highest BCUT2D eigenvalue weighted by Gasteiger charge is 2.56. The average Bonchev–Trinajstić information content (AvgIpc) is 3.37. The number of carbonyl (C=O) groups is 2. The van der Waals surface area contributed by atoms with Crippen molar-refractivity contribution in [2.45, 2.75) is 26.3 Å². The third-order valence-electron chi connectivity index (χ3n) is 4.28. The minimum absolute atomic E-state index is 0.228. The van der Waals surface area contributed by atoms with E-state index in [1.807, 2.05) is 31.2 Å². The van der Waals surface area contributed by atoms with Crippen LogP contribution >= 0.6 is 11.6 Å². The highest BCUT2D eigenvalue weighted by Crippen LogP contribution is 2.47. The van der Waals surface area contributed by atoms with Crippen molar-refractivity contribution in [1.82, 2.24) is 5.32 Å². The molecular weight excluding hydrogens is 324 g/mol. The highest BCUT2D eigenvalue weighted by molar-refractivity contribution is 6.34.